The minimum absolute atomic E-state index is 0.190. The van der Waals surface area contributed by atoms with Crippen molar-refractivity contribution in [2.24, 2.45) is 4.99 Å². The Hall–Kier alpha value is -1.62. The second-order valence-corrected chi connectivity index (χ2v) is 5.53. The summed E-state index contributed by atoms with van der Waals surface area (Å²) in [7, 11) is 3.95. The number of rotatable bonds is 5. The average molecular weight is 292 g/mol. The van der Waals surface area contributed by atoms with E-state index in [-0.39, 0.29) is 5.82 Å². The van der Waals surface area contributed by atoms with Gasteiger partial charge < -0.3 is 15.5 Å². The second kappa shape index (κ2) is 7.98. The van der Waals surface area contributed by atoms with Crippen LogP contribution in [0.1, 0.15) is 18.4 Å². The lowest BCUT2D eigenvalue weighted by Gasteiger charge is -2.21. The molecule has 116 valence electrons. The van der Waals surface area contributed by atoms with Gasteiger partial charge in [0, 0.05) is 26.2 Å². The standard InChI is InChI=1S/C16H25FN4/c1-18-16(20-12-15-4-3-11-21(15)2)19-10-9-13-5-7-14(17)8-6-13/h5-8,15H,3-4,9-12H2,1-2H3,(H2,18,19,20). The summed E-state index contributed by atoms with van der Waals surface area (Å²) in [5.74, 6) is 0.641. The van der Waals surface area contributed by atoms with Crippen molar-refractivity contribution in [3.05, 3.63) is 35.6 Å². The fourth-order valence-electron chi connectivity index (χ4n) is 2.65. The average Bonchev–Trinajstić information content (AvgIpc) is 2.90. The van der Waals surface area contributed by atoms with Gasteiger partial charge in [0.1, 0.15) is 5.82 Å². The Balaban J connectivity index is 1.69. The lowest BCUT2D eigenvalue weighted by Crippen LogP contribution is -2.44. The normalized spacial score (nSPS) is 19.8. The summed E-state index contributed by atoms with van der Waals surface area (Å²) in [6.45, 7) is 2.89. The van der Waals surface area contributed by atoms with Crippen molar-refractivity contribution in [3.63, 3.8) is 0 Å². The van der Waals surface area contributed by atoms with Crippen LogP contribution in [-0.4, -0.2) is 50.6 Å². The zero-order valence-electron chi connectivity index (χ0n) is 12.9. The van der Waals surface area contributed by atoms with Gasteiger partial charge in [0.05, 0.1) is 0 Å². The summed E-state index contributed by atoms with van der Waals surface area (Å²) < 4.78 is 12.8. The molecule has 1 unspecified atom stereocenters. The van der Waals surface area contributed by atoms with Crippen LogP contribution < -0.4 is 10.6 Å². The van der Waals surface area contributed by atoms with Gasteiger partial charge in [-0.05, 0) is 50.6 Å². The number of nitrogens with one attached hydrogen (secondary N) is 2. The second-order valence-electron chi connectivity index (χ2n) is 5.53. The largest absolute Gasteiger partial charge is 0.356 e. The molecule has 1 heterocycles. The number of nitrogens with zero attached hydrogens (tertiary/aromatic N) is 2. The molecule has 4 nitrogen and oxygen atoms in total. The third kappa shape index (κ3) is 5.01. The quantitative estimate of drug-likeness (QED) is 0.640. The van der Waals surface area contributed by atoms with Crippen LogP contribution in [0.4, 0.5) is 4.39 Å². The van der Waals surface area contributed by atoms with E-state index in [1.165, 1.54) is 31.5 Å². The summed E-state index contributed by atoms with van der Waals surface area (Å²) in [6, 6.07) is 7.23. The SMILES string of the molecule is CN=C(NCCc1ccc(F)cc1)NCC1CCCN1C. The Morgan fingerprint density at radius 1 is 1.33 bits per heavy atom. The highest BCUT2D eigenvalue weighted by Gasteiger charge is 2.20. The minimum atomic E-state index is -0.190. The molecular weight excluding hydrogens is 267 g/mol. The summed E-state index contributed by atoms with van der Waals surface area (Å²) >= 11 is 0. The molecule has 21 heavy (non-hydrogen) atoms. The van der Waals surface area contributed by atoms with Crippen molar-refractivity contribution in [1.29, 1.82) is 0 Å². The van der Waals surface area contributed by atoms with Gasteiger partial charge in [-0.3, -0.25) is 4.99 Å². The van der Waals surface area contributed by atoms with E-state index in [0.29, 0.717) is 6.04 Å². The molecule has 2 N–H and O–H groups in total. The van der Waals surface area contributed by atoms with E-state index < -0.39 is 0 Å². The molecule has 1 fully saturated rings. The molecule has 0 amide bonds. The van der Waals surface area contributed by atoms with Gasteiger partial charge >= 0.3 is 0 Å². The third-order valence-corrected chi connectivity index (χ3v) is 4.02. The van der Waals surface area contributed by atoms with Crippen LogP contribution in [0, 0.1) is 5.82 Å². The lowest BCUT2D eigenvalue weighted by atomic mass is 10.1. The monoisotopic (exact) mass is 292 g/mol. The van der Waals surface area contributed by atoms with E-state index >= 15 is 0 Å². The Morgan fingerprint density at radius 2 is 2.10 bits per heavy atom. The van der Waals surface area contributed by atoms with Crippen LogP contribution in [-0.2, 0) is 6.42 Å². The highest BCUT2D eigenvalue weighted by atomic mass is 19.1. The van der Waals surface area contributed by atoms with E-state index in [2.05, 4.69) is 27.6 Å². The maximum absolute atomic E-state index is 12.8. The molecule has 1 aromatic carbocycles. The molecule has 1 saturated heterocycles. The maximum atomic E-state index is 12.8. The Morgan fingerprint density at radius 3 is 2.71 bits per heavy atom. The molecule has 2 rings (SSSR count). The van der Waals surface area contributed by atoms with Crippen molar-refractivity contribution in [3.8, 4) is 0 Å². The molecule has 0 aliphatic carbocycles. The Kier molecular flexibility index (Phi) is 5.99. The maximum Gasteiger partial charge on any atom is 0.191 e. The van der Waals surface area contributed by atoms with Crippen molar-refractivity contribution >= 4 is 5.96 Å². The van der Waals surface area contributed by atoms with Gasteiger partial charge in [-0.25, -0.2) is 4.39 Å². The van der Waals surface area contributed by atoms with E-state index in [4.69, 9.17) is 0 Å². The molecule has 0 bridgehead atoms. The Labute approximate surface area is 126 Å². The van der Waals surface area contributed by atoms with Gasteiger partial charge in [-0.1, -0.05) is 12.1 Å². The first-order chi connectivity index (χ1) is 10.2. The number of likely N-dealkylation sites (N-methyl/N-ethyl adjacent to an activating group) is 1. The minimum Gasteiger partial charge on any atom is -0.356 e. The van der Waals surface area contributed by atoms with Gasteiger partial charge in [-0.15, -0.1) is 0 Å². The molecule has 0 saturated carbocycles. The van der Waals surface area contributed by atoms with Crippen molar-refractivity contribution in [1.82, 2.24) is 15.5 Å². The molecule has 1 atom stereocenters. The molecule has 1 aliphatic rings. The summed E-state index contributed by atoms with van der Waals surface area (Å²) in [5, 5.41) is 6.67. The zero-order chi connectivity index (χ0) is 15.1. The van der Waals surface area contributed by atoms with Gasteiger partial charge in [0.15, 0.2) is 5.96 Å². The van der Waals surface area contributed by atoms with Crippen LogP contribution in [0.5, 0.6) is 0 Å². The van der Waals surface area contributed by atoms with Crippen LogP contribution >= 0.6 is 0 Å². The fourth-order valence-corrected chi connectivity index (χ4v) is 2.65. The zero-order valence-corrected chi connectivity index (χ0v) is 12.9. The molecule has 1 aliphatic heterocycles. The van der Waals surface area contributed by atoms with Gasteiger partial charge in [0.25, 0.3) is 0 Å². The molecular formula is C16H25FN4. The number of benzene rings is 1. The van der Waals surface area contributed by atoms with Crippen LogP contribution in [0.25, 0.3) is 0 Å². The molecule has 0 radical (unpaired) electrons. The molecule has 0 aromatic heterocycles. The van der Waals surface area contributed by atoms with Gasteiger partial charge in [-0.2, -0.15) is 0 Å². The first-order valence-electron chi connectivity index (χ1n) is 7.58. The topological polar surface area (TPSA) is 39.7 Å². The smallest absolute Gasteiger partial charge is 0.191 e. The number of guanidine groups is 1. The Bertz CT molecular complexity index is 458. The van der Waals surface area contributed by atoms with E-state index in [1.54, 1.807) is 7.05 Å². The van der Waals surface area contributed by atoms with E-state index in [1.807, 2.05) is 12.1 Å². The highest BCUT2D eigenvalue weighted by molar-refractivity contribution is 5.79. The predicted molar refractivity (Wildman–Crippen MR) is 85.1 cm³/mol. The van der Waals surface area contributed by atoms with Crippen molar-refractivity contribution < 1.29 is 4.39 Å². The van der Waals surface area contributed by atoms with E-state index in [9.17, 15) is 4.39 Å². The van der Waals surface area contributed by atoms with E-state index in [0.717, 1.165) is 31.0 Å². The fraction of sp³-hybridized carbons (Fsp3) is 0.562. The first-order valence-corrected chi connectivity index (χ1v) is 7.58. The first kappa shape index (κ1) is 15.8. The summed E-state index contributed by atoms with van der Waals surface area (Å²) in [4.78, 5) is 6.62. The van der Waals surface area contributed by atoms with Crippen LogP contribution in [0.2, 0.25) is 0 Å². The number of likely N-dealkylation sites (tertiary alicyclic amines) is 1. The van der Waals surface area contributed by atoms with Crippen LogP contribution in [0.3, 0.4) is 0 Å². The van der Waals surface area contributed by atoms with Crippen molar-refractivity contribution in [2.45, 2.75) is 25.3 Å². The van der Waals surface area contributed by atoms with Crippen LogP contribution in [0.15, 0.2) is 29.3 Å². The number of aliphatic imine (C=N–C) groups is 1. The summed E-state index contributed by atoms with van der Waals surface area (Å²) in [6.07, 6.45) is 3.37. The summed E-state index contributed by atoms with van der Waals surface area (Å²) in [5.41, 5.74) is 1.12. The molecule has 5 heteroatoms. The number of hydrogen-bond acceptors (Lipinski definition) is 2. The number of halogens is 1. The molecule has 1 aromatic rings. The predicted octanol–water partition coefficient (Wildman–Crippen LogP) is 1.63. The lowest BCUT2D eigenvalue weighted by molar-refractivity contribution is 0.309. The molecule has 0 spiro atoms. The number of hydrogen-bond donors (Lipinski definition) is 2. The highest BCUT2D eigenvalue weighted by Crippen LogP contribution is 2.13. The van der Waals surface area contributed by atoms with Gasteiger partial charge in [0.2, 0.25) is 0 Å². The third-order valence-electron chi connectivity index (χ3n) is 4.02. The van der Waals surface area contributed by atoms with Crippen molar-refractivity contribution in [2.75, 3.05) is 33.7 Å².